The first-order valence-electron chi connectivity index (χ1n) is 9.64. The van der Waals surface area contributed by atoms with E-state index >= 15 is 0 Å². The second kappa shape index (κ2) is 13.6. The van der Waals surface area contributed by atoms with Gasteiger partial charge in [0.15, 0.2) is 0 Å². The second-order valence-corrected chi connectivity index (χ2v) is 6.76. The van der Waals surface area contributed by atoms with Crippen molar-refractivity contribution in [1.82, 2.24) is 0 Å². The number of hydrogen-bond donors (Lipinski definition) is 1. The van der Waals surface area contributed by atoms with Gasteiger partial charge in [-0.25, -0.2) is 0 Å². The van der Waals surface area contributed by atoms with E-state index in [-0.39, 0.29) is 0 Å². The molecule has 0 aliphatic carbocycles. The van der Waals surface area contributed by atoms with Crippen molar-refractivity contribution < 1.29 is 9.84 Å². The minimum atomic E-state index is 0.348. The summed E-state index contributed by atoms with van der Waals surface area (Å²) in [5.41, 5.74) is 0. The van der Waals surface area contributed by atoms with E-state index in [9.17, 15) is 0 Å². The van der Waals surface area contributed by atoms with Crippen LogP contribution in [0.5, 0.6) is 0 Å². The highest BCUT2D eigenvalue weighted by atomic mass is 16.6. The molecular formula is C19H38O2. The molecule has 1 heterocycles. The van der Waals surface area contributed by atoms with Crippen LogP contribution >= 0.6 is 0 Å². The van der Waals surface area contributed by atoms with E-state index in [1.54, 1.807) is 0 Å². The highest BCUT2D eigenvalue weighted by Gasteiger charge is 2.36. The molecule has 21 heavy (non-hydrogen) atoms. The smallest absolute Gasteiger partial charge is 0.0841 e. The molecule has 2 heteroatoms. The van der Waals surface area contributed by atoms with Gasteiger partial charge in [0.05, 0.1) is 12.2 Å². The van der Waals surface area contributed by atoms with Crippen LogP contribution in [0.15, 0.2) is 0 Å². The fourth-order valence-corrected chi connectivity index (χ4v) is 3.15. The molecule has 2 nitrogen and oxygen atoms in total. The van der Waals surface area contributed by atoms with Gasteiger partial charge in [0.2, 0.25) is 0 Å². The molecule has 126 valence electrons. The molecule has 1 saturated heterocycles. The quantitative estimate of drug-likeness (QED) is 0.296. The number of unbranched alkanes of at least 4 members (excludes halogenated alkanes) is 11. The van der Waals surface area contributed by atoms with E-state index in [1.165, 1.54) is 89.9 Å². The van der Waals surface area contributed by atoms with Gasteiger partial charge in [-0.3, -0.25) is 0 Å². The van der Waals surface area contributed by atoms with Crippen molar-refractivity contribution in [2.45, 2.75) is 115 Å². The van der Waals surface area contributed by atoms with Crippen molar-refractivity contribution in [3.63, 3.8) is 0 Å². The fraction of sp³-hybridized carbons (Fsp3) is 1.00. The summed E-state index contributed by atoms with van der Waals surface area (Å²) in [4.78, 5) is 0. The molecule has 0 spiro atoms. The number of ether oxygens (including phenoxy) is 1. The number of aliphatic hydroxyl groups is 1. The number of epoxide rings is 1. The maximum atomic E-state index is 8.72. The van der Waals surface area contributed by atoms with Gasteiger partial charge in [-0.05, 0) is 19.3 Å². The van der Waals surface area contributed by atoms with Crippen LogP contribution in [0, 0.1) is 0 Å². The first-order chi connectivity index (χ1) is 10.4. The van der Waals surface area contributed by atoms with Crippen LogP contribution in [-0.2, 0) is 4.74 Å². The van der Waals surface area contributed by atoms with E-state index in [1.807, 2.05) is 0 Å². The third-order valence-electron chi connectivity index (χ3n) is 4.68. The topological polar surface area (TPSA) is 32.8 Å². The Labute approximate surface area is 132 Å². The van der Waals surface area contributed by atoms with Crippen LogP contribution in [0.2, 0.25) is 0 Å². The molecular weight excluding hydrogens is 260 g/mol. The Morgan fingerprint density at radius 1 is 0.619 bits per heavy atom. The summed E-state index contributed by atoms with van der Waals surface area (Å²) >= 11 is 0. The van der Waals surface area contributed by atoms with E-state index in [2.05, 4.69) is 6.92 Å². The predicted octanol–water partition coefficient (Wildman–Crippen LogP) is 5.62. The van der Waals surface area contributed by atoms with Crippen LogP contribution < -0.4 is 0 Å². The Balaban J connectivity index is 1.73. The van der Waals surface area contributed by atoms with Gasteiger partial charge in [-0.15, -0.1) is 0 Å². The molecule has 0 saturated carbocycles. The summed E-state index contributed by atoms with van der Waals surface area (Å²) in [5, 5.41) is 8.72. The normalized spacial score (nSPS) is 20.9. The first kappa shape index (κ1) is 19.0. The molecule has 2 unspecified atom stereocenters. The summed E-state index contributed by atoms with van der Waals surface area (Å²) in [5.74, 6) is 0. The van der Waals surface area contributed by atoms with Gasteiger partial charge in [0, 0.05) is 6.61 Å². The van der Waals surface area contributed by atoms with Crippen molar-refractivity contribution in [3.8, 4) is 0 Å². The zero-order valence-electron chi connectivity index (χ0n) is 14.3. The van der Waals surface area contributed by atoms with Crippen molar-refractivity contribution >= 4 is 0 Å². The molecule has 1 aliphatic heterocycles. The average molecular weight is 299 g/mol. The van der Waals surface area contributed by atoms with Crippen molar-refractivity contribution in [3.05, 3.63) is 0 Å². The minimum absolute atomic E-state index is 0.348. The fourth-order valence-electron chi connectivity index (χ4n) is 3.15. The van der Waals surface area contributed by atoms with Gasteiger partial charge >= 0.3 is 0 Å². The van der Waals surface area contributed by atoms with Gasteiger partial charge in [-0.1, -0.05) is 84.0 Å². The molecule has 1 rings (SSSR count). The van der Waals surface area contributed by atoms with Crippen molar-refractivity contribution in [1.29, 1.82) is 0 Å². The lowest BCUT2D eigenvalue weighted by molar-refractivity contribution is 0.281. The van der Waals surface area contributed by atoms with Gasteiger partial charge in [0.1, 0.15) is 0 Å². The standard InChI is InChI=1S/C19H38O2/c1-2-3-4-5-6-7-8-9-12-15-18-19(21-18)16-13-10-11-14-17-20/h18-20H,2-17H2,1H3. The first-order valence-corrected chi connectivity index (χ1v) is 9.64. The molecule has 0 radical (unpaired) electrons. The average Bonchev–Trinajstić information content (AvgIpc) is 3.24. The van der Waals surface area contributed by atoms with Crippen LogP contribution in [0.1, 0.15) is 103 Å². The molecule has 0 aromatic heterocycles. The Hall–Kier alpha value is -0.0800. The maximum Gasteiger partial charge on any atom is 0.0841 e. The van der Waals surface area contributed by atoms with E-state index in [0.29, 0.717) is 18.8 Å². The lowest BCUT2D eigenvalue weighted by Gasteiger charge is -2.01. The summed E-state index contributed by atoms with van der Waals surface area (Å²) in [6.45, 7) is 2.63. The highest BCUT2D eigenvalue weighted by molar-refractivity contribution is 4.84. The molecule has 0 bridgehead atoms. The number of aliphatic hydroxyl groups excluding tert-OH is 1. The summed E-state index contributed by atoms with van der Waals surface area (Å²) in [6, 6.07) is 0. The largest absolute Gasteiger partial charge is 0.396 e. The molecule has 0 aromatic carbocycles. The van der Waals surface area contributed by atoms with Crippen LogP contribution in [-0.4, -0.2) is 23.9 Å². The Bertz CT molecular complexity index is 218. The monoisotopic (exact) mass is 298 g/mol. The SMILES string of the molecule is CCCCCCCCCCCC1OC1CCCCCCO. The lowest BCUT2D eigenvalue weighted by Crippen LogP contribution is -1.95. The molecule has 0 amide bonds. The zero-order valence-corrected chi connectivity index (χ0v) is 14.3. The van der Waals surface area contributed by atoms with Crippen LogP contribution in [0.4, 0.5) is 0 Å². The van der Waals surface area contributed by atoms with E-state index < -0.39 is 0 Å². The Morgan fingerprint density at radius 3 is 1.52 bits per heavy atom. The Kier molecular flexibility index (Phi) is 12.3. The van der Waals surface area contributed by atoms with Gasteiger partial charge in [-0.2, -0.15) is 0 Å². The maximum absolute atomic E-state index is 8.72. The van der Waals surface area contributed by atoms with E-state index in [4.69, 9.17) is 9.84 Å². The molecule has 1 fully saturated rings. The van der Waals surface area contributed by atoms with Gasteiger partial charge in [0.25, 0.3) is 0 Å². The molecule has 1 N–H and O–H groups in total. The van der Waals surface area contributed by atoms with E-state index in [0.717, 1.165) is 6.42 Å². The van der Waals surface area contributed by atoms with Crippen molar-refractivity contribution in [2.24, 2.45) is 0 Å². The van der Waals surface area contributed by atoms with Crippen LogP contribution in [0.3, 0.4) is 0 Å². The second-order valence-electron chi connectivity index (χ2n) is 6.76. The number of rotatable bonds is 16. The minimum Gasteiger partial charge on any atom is -0.396 e. The van der Waals surface area contributed by atoms with Gasteiger partial charge < -0.3 is 9.84 Å². The van der Waals surface area contributed by atoms with Crippen molar-refractivity contribution in [2.75, 3.05) is 6.61 Å². The summed E-state index contributed by atoms with van der Waals surface area (Å²) in [6.07, 6.45) is 21.1. The third-order valence-corrected chi connectivity index (χ3v) is 4.68. The third kappa shape index (κ3) is 11.2. The Morgan fingerprint density at radius 2 is 1.05 bits per heavy atom. The molecule has 2 atom stereocenters. The summed E-state index contributed by atoms with van der Waals surface area (Å²) in [7, 11) is 0. The lowest BCUT2D eigenvalue weighted by atomic mass is 10.0. The number of hydrogen-bond acceptors (Lipinski definition) is 2. The predicted molar refractivity (Wildman–Crippen MR) is 90.7 cm³/mol. The molecule has 0 aromatic rings. The zero-order chi connectivity index (χ0) is 15.2. The summed E-state index contributed by atoms with van der Waals surface area (Å²) < 4.78 is 5.75. The highest BCUT2D eigenvalue weighted by Crippen LogP contribution is 2.31. The van der Waals surface area contributed by atoms with Crippen LogP contribution in [0.25, 0.3) is 0 Å². The molecule has 1 aliphatic rings.